The first-order valence-corrected chi connectivity index (χ1v) is 2.87. The number of hydrogen-bond donors (Lipinski definition) is 0. The summed E-state index contributed by atoms with van der Waals surface area (Å²) in [7, 11) is 0. The van der Waals surface area contributed by atoms with Crippen molar-refractivity contribution in [1.29, 1.82) is 0 Å². The highest BCUT2D eigenvalue weighted by Gasteiger charge is 1.85. The summed E-state index contributed by atoms with van der Waals surface area (Å²) < 4.78 is 5.11. The van der Waals surface area contributed by atoms with Gasteiger partial charge in [0.1, 0.15) is 5.75 Å². The van der Waals surface area contributed by atoms with Crippen molar-refractivity contribution in [3.05, 3.63) is 24.5 Å². The van der Waals surface area contributed by atoms with Crippen LogP contribution >= 0.6 is 0 Å². The Hall–Kier alpha value is -1.05. The summed E-state index contributed by atoms with van der Waals surface area (Å²) in [5.74, 6) is 0.778. The SMILES string of the molecule is CCOc1c[c]cnc1. The average Bonchev–Trinajstić information content (AvgIpc) is 1.91. The molecule has 1 radical (unpaired) electrons. The van der Waals surface area contributed by atoms with Gasteiger partial charge in [-0.2, -0.15) is 0 Å². The zero-order chi connectivity index (χ0) is 6.53. The van der Waals surface area contributed by atoms with Crippen LogP contribution in [0, 0.1) is 6.07 Å². The van der Waals surface area contributed by atoms with E-state index >= 15 is 0 Å². The van der Waals surface area contributed by atoms with Gasteiger partial charge in [-0.25, -0.2) is 0 Å². The average molecular weight is 122 g/mol. The predicted molar refractivity (Wildman–Crippen MR) is 34.2 cm³/mol. The molecule has 1 rings (SSSR count). The second kappa shape index (κ2) is 3.07. The molecule has 0 atom stereocenters. The Morgan fingerprint density at radius 3 is 3.22 bits per heavy atom. The minimum Gasteiger partial charge on any atom is -0.492 e. The number of rotatable bonds is 2. The summed E-state index contributed by atoms with van der Waals surface area (Å²) in [5, 5.41) is 0. The van der Waals surface area contributed by atoms with Crippen LogP contribution in [0.5, 0.6) is 5.75 Å². The van der Waals surface area contributed by atoms with Crippen molar-refractivity contribution in [3.63, 3.8) is 0 Å². The van der Waals surface area contributed by atoms with Gasteiger partial charge in [-0.3, -0.25) is 4.98 Å². The van der Waals surface area contributed by atoms with E-state index in [1.807, 2.05) is 6.92 Å². The maximum Gasteiger partial charge on any atom is 0.138 e. The Morgan fingerprint density at radius 2 is 2.67 bits per heavy atom. The van der Waals surface area contributed by atoms with E-state index in [0.717, 1.165) is 5.75 Å². The Balaban J connectivity index is 2.61. The molecule has 0 saturated heterocycles. The van der Waals surface area contributed by atoms with Gasteiger partial charge in [-0.1, -0.05) is 0 Å². The lowest BCUT2D eigenvalue weighted by Gasteiger charge is -1.98. The lowest BCUT2D eigenvalue weighted by atomic mass is 10.5. The van der Waals surface area contributed by atoms with E-state index in [-0.39, 0.29) is 0 Å². The molecule has 0 aliphatic carbocycles. The summed E-state index contributed by atoms with van der Waals surface area (Å²) in [4.78, 5) is 3.82. The van der Waals surface area contributed by atoms with Crippen LogP contribution < -0.4 is 4.74 Å². The molecular weight excluding hydrogens is 114 g/mol. The number of aromatic nitrogens is 1. The zero-order valence-electron chi connectivity index (χ0n) is 5.29. The van der Waals surface area contributed by atoms with Crippen LogP contribution in [0.2, 0.25) is 0 Å². The molecule has 2 nitrogen and oxygen atoms in total. The Kier molecular flexibility index (Phi) is 2.07. The molecule has 1 aromatic heterocycles. The highest BCUT2D eigenvalue weighted by Crippen LogP contribution is 2.04. The van der Waals surface area contributed by atoms with Gasteiger partial charge in [0.05, 0.1) is 12.8 Å². The number of nitrogens with zero attached hydrogens (tertiary/aromatic N) is 1. The van der Waals surface area contributed by atoms with E-state index < -0.39 is 0 Å². The molecule has 1 aromatic rings. The Morgan fingerprint density at radius 1 is 1.78 bits per heavy atom. The lowest BCUT2D eigenvalue weighted by molar-refractivity contribution is 0.339. The Bertz CT molecular complexity index is 162. The number of hydrogen-bond acceptors (Lipinski definition) is 2. The van der Waals surface area contributed by atoms with Crippen molar-refractivity contribution in [3.8, 4) is 5.75 Å². The monoisotopic (exact) mass is 122 g/mol. The zero-order valence-corrected chi connectivity index (χ0v) is 5.29. The second-order valence-electron chi connectivity index (χ2n) is 1.55. The first-order valence-electron chi connectivity index (χ1n) is 2.87. The van der Waals surface area contributed by atoms with Crippen LogP contribution in [0.4, 0.5) is 0 Å². The van der Waals surface area contributed by atoms with Gasteiger partial charge in [0.25, 0.3) is 0 Å². The third kappa shape index (κ3) is 1.72. The molecule has 0 aromatic carbocycles. The normalized spacial score (nSPS) is 9.00. The molecule has 0 aliphatic rings. The molecule has 0 N–H and O–H groups in total. The molecule has 0 amide bonds. The third-order valence-electron chi connectivity index (χ3n) is 0.887. The van der Waals surface area contributed by atoms with Gasteiger partial charge >= 0.3 is 0 Å². The number of pyridine rings is 1. The molecule has 0 unspecified atom stereocenters. The molecule has 9 heavy (non-hydrogen) atoms. The molecule has 47 valence electrons. The van der Waals surface area contributed by atoms with Crippen molar-refractivity contribution in [1.82, 2.24) is 4.98 Å². The lowest BCUT2D eigenvalue weighted by Crippen LogP contribution is -1.90. The van der Waals surface area contributed by atoms with E-state index in [2.05, 4.69) is 11.1 Å². The molecule has 0 aliphatic heterocycles. The molecule has 0 fully saturated rings. The highest BCUT2D eigenvalue weighted by molar-refractivity contribution is 5.14. The van der Waals surface area contributed by atoms with Gasteiger partial charge in [-0.05, 0) is 13.0 Å². The van der Waals surface area contributed by atoms with Crippen LogP contribution in [0.15, 0.2) is 18.5 Å². The molecule has 0 bridgehead atoms. The fourth-order valence-electron chi connectivity index (χ4n) is 0.556. The van der Waals surface area contributed by atoms with Gasteiger partial charge in [-0.15, -0.1) is 0 Å². The van der Waals surface area contributed by atoms with Crippen LogP contribution in [0.25, 0.3) is 0 Å². The molecule has 2 heteroatoms. The van der Waals surface area contributed by atoms with Gasteiger partial charge < -0.3 is 4.74 Å². The summed E-state index contributed by atoms with van der Waals surface area (Å²) in [6.07, 6.45) is 3.27. The highest BCUT2D eigenvalue weighted by atomic mass is 16.5. The molecule has 0 spiro atoms. The summed E-state index contributed by atoms with van der Waals surface area (Å²) >= 11 is 0. The van der Waals surface area contributed by atoms with Crippen molar-refractivity contribution in [2.75, 3.05) is 6.61 Å². The van der Waals surface area contributed by atoms with E-state index in [0.29, 0.717) is 6.61 Å². The molecular formula is C7H8NO. The topological polar surface area (TPSA) is 22.1 Å². The van der Waals surface area contributed by atoms with Gasteiger partial charge in [0.2, 0.25) is 0 Å². The van der Waals surface area contributed by atoms with Crippen molar-refractivity contribution in [2.24, 2.45) is 0 Å². The van der Waals surface area contributed by atoms with Crippen molar-refractivity contribution >= 4 is 0 Å². The van der Waals surface area contributed by atoms with Gasteiger partial charge in [0, 0.05) is 12.3 Å². The van der Waals surface area contributed by atoms with Crippen LogP contribution in [0.1, 0.15) is 6.92 Å². The largest absolute Gasteiger partial charge is 0.492 e. The third-order valence-corrected chi connectivity index (χ3v) is 0.887. The summed E-state index contributed by atoms with van der Waals surface area (Å²) in [5.41, 5.74) is 0. The van der Waals surface area contributed by atoms with Crippen LogP contribution in [-0.4, -0.2) is 11.6 Å². The van der Waals surface area contributed by atoms with Crippen LogP contribution in [-0.2, 0) is 0 Å². The smallest absolute Gasteiger partial charge is 0.138 e. The van der Waals surface area contributed by atoms with Gasteiger partial charge in [0.15, 0.2) is 0 Å². The van der Waals surface area contributed by atoms with E-state index in [1.165, 1.54) is 0 Å². The van der Waals surface area contributed by atoms with Crippen molar-refractivity contribution in [2.45, 2.75) is 6.92 Å². The Labute approximate surface area is 54.5 Å². The second-order valence-corrected chi connectivity index (χ2v) is 1.55. The minimum absolute atomic E-state index is 0.680. The predicted octanol–water partition coefficient (Wildman–Crippen LogP) is 1.28. The molecule has 1 heterocycles. The fourth-order valence-corrected chi connectivity index (χ4v) is 0.556. The maximum absolute atomic E-state index is 5.11. The van der Waals surface area contributed by atoms with Crippen LogP contribution in [0.3, 0.4) is 0 Å². The molecule has 0 saturated carbocycles. The van der Waals surface area contributed by atoms with E-state index in [1.54, 1.807) is 18.5 Å². The quantitative estimate of drug-likeness (QED) is 0.589. The summed E-state index contributed by atoms with van der Waals surface area (Å²) in [6, 6.07) is 4.57. The maximum atomic E-state index is 5.11. The van der Waals surface area contributed by atoms with E-state index in [4.69, 9.17) is 4.74 Å². The number of ether oxygens (including phenoxy) is 1. The van der Waals surface area contributed by atoms with Crippen molar-refractivity contribution < 1.29 is 4.74 Å². The summed E-state index contributed by atoms with van der Waals surface area (Å²) in [6.45, 7) is 2.62. The standard InChI is InChI=1S/C7H8NO/c1-2-9-7-4-3-5-8-6-7/h4-6H,2H2,1H3. The van der Waals surface area contributed by atoms with E-state index in [9.17, 15) is 0 Å². The first kappa shape index (κ1) is 6.08. The minimum atomic E-state index is 0.680. The fraction of sp³-hybridized carbons (Fsp3) is 0.286. The first-order chi connectivity index (χ1) is 4.43.